The van der Waals surface area contributed by atoms with Gasteiger partial charge in [0, 0.05) is 24.1 Å². The number of aryl methyl sites for hydroxylation is 2. The second-order valence-electron chi connectivity index (χ2n) is 3.92. The van der Waals surface area contributed by atoms with Gasteiger partial charge in [0.1, 0.15) is 5.76 Å². The van der Waals surface area contributed by atoms with Crippen molar-refractivity contribution < 1.29 is 8.15 Å². The highest BCUT2D eigenvalue weighted by atomic mass is 32.3. The molecule has 0 unspecified atom stereocenters. The first-order valence-electron chi connectivity index (χ1n) is 5.26. The van der Waals surface area contributed by atoms with E-state index in [0.717, 1.165) is 17.0 Å². The lowest BCUT2D eigenvalue weighted by molar-refractivity contribution is 0.392. The normalized spacial score (nSPS) is 17.8. The summed E-state index contributed by atoms with van der Waals surface area (Å²) in [6.07, 6.45) is 0. The van der Waals surface area contributed by atoms with Crippen molar-refractivity contribution >= 4 is 24.1 Å². The Labute approximate surface area is 108 Å². The van der Waals surface area contributed by atoms with E-state index >= 15 is 0 Å². The molecule has 0 spiro atoms. The molecule has 1 aliphatic heterocycles. The Kier molecular flexibility index (Phi) is 2.69. The molecule has 0 saturated carbocycles. The van der Waals surface area contributed by atoms with Crippen molar-refractivity contribution in [2.24, 2.45) is 0 Å². The SMILES string of the molecule is Cc1noc(C)c1C1(c2ccccc2)SOS1. The molecule has 2 heterocycles. The highest BCUT2D eigenvalue weighted by Crippen LogP contribution is 2.64. The zero-order chi connectivity index (χ0) is 11.9. The third-order valence-electron chi connectivity index (χ3n) is 2.82. The summed E-state index contributed by atoms with van der Waals surface area (Å²) in [6.45, 7) is 3.91. The lowest BCUT2D eigenvalue weighted by Crippen LogP contribution is -2.27. The van der Waals surface area contributed by atoms with Gasteiger partial charge in [0.25, 0.3) is 0 Å². The van der Waals surface area contributed by atoms with E-state index in [0.29, 0.717) is 0 Å². The number of rotatable bonds is 2. The van der Waals surface area contributed by atoms with Crippen LogP contribution in [0.4, 0.5) is 0 Å². The van der Waals surface area contributed by atoms with Gasteiger partial charge in [-0.15, -0.1) is 0 Å². The summed E-state index contributed by atoms with van der Waals surface area (Å²) in [6, 6.07) is 10.3. The van der Waals surface area contributed by atoms with Gasteiger partial charge >= 0.3 is 0 Å². The fourth-order valence-electron chi connectivity index (χ4n) is 2.04. The molecule has 3 rings (SSSR count). The smallest absolute Gasteiger partial charge is 0.171 e. The number of hydrogen-bond donors (Lipinski definition) is 0. The van der Waals surface area contributed by atoms with Gasteiger partial charge in [0.05, 0.1) is 11.3 Å². The van der Waals surface area contributed by atoms with Crippen LogP contribution in [0.5, 0.6) is 0 Å². The minimum absolute atomic E-state index is 0.227. The van der Waals surface area contributed by atoms with Gasteiger partial charge in [-0.25, -0.2) is 3.63 Å². The molecule has 1 fully saturated rings. The van der Waals surface area contributed by atoms with Gasteiger partial charge in [-0.2, -0.15) is 0 Å². The zero-order valence-corrected chi connectivity index (χ0v) is 11.1. The van der Waals surface area contributed by atoms with Gasteiger partial charge in [0.15, 0.2) is 4.08 Å². The second-order valence-corrected chi connectivity index (χ2v) is 6.28. The largest absolute Gasteiger partial charge is 0.361 e. The summed E-state index contributed by atoms with van der Waals surface area (Å²) in [4.78, 5) is 0. The molecular weight excluding hydrogens is 254 g/mol. The molecule has 3 nitrogen and oxygen atoms in total. The van der Waals surface area contributed by atoms with Gasteiger partial charge in [-0.1, -0.05) is 35.5 Å². The minimum atomic E-state index is -0.227. The molecule has 1 saturated heterocycles. The van der Waals surface area contributed by atoms with E-state index < -0.39 is 0 Å². The van der Waals surface area contributed by atoms with Gasteiger partial charge in [0.2, 0.25) is 0 Å². The molecule has 5 heteroatoms. The first kappa shape index (κ1) is 11.2. The van der Waals surface area contributed by atoms with Crippen LogP contribution in [-0.2, 0) is 7.71 Å². The van der Waals surface area contributed by atoms with E-state index in [-0.39, 0.29) is 4.08 Å². The maximum Gasteiger partial charge on any atom is 0.171 e. The Morgan fingerprint density at radius 1 is 1.12 bits per heavy atom. The van der Waals surface area contributed by atoms with E-state index in [1.807, 2.05) is 32.0 Å². The van der Waals surface area contributed by atoms with Crippen molar-refractivity contribution in [1.82, 2.24) is 5.16 Å². The molecule has 0 atom stereocenters. The number of benzene rings is 1. The van der Waals surface area contributed by atoms with Crippen molar-refractivity contribution in [3.8, 4) is 0 Å². The molecule has 1 aromatic carbocycles. The average Bonchev–Trinajstić information content (AvgIpc) is 2.62. The molecule has 0 aliphatic carbocycles. The Bertz CT molecular complexity index is 515. The Morgan fingerprint density at radius 3 is 2.29 bits per heavy atom. The Balaban J connectivity index is 2.16. The fraction of sp³-hybridized carbons (Fsp3) is 0.250. The van der Waals surface area contributed by atoms with Crippen molar-refractivity contribution in [2.45, 2.75) is 17.9 Å². The molecule has 1 aromatic heterocycles. The third-order valence-corrected chi connectivity index (χ3v) is 5.12. The summed E-state index contributed by atoms with van der Waals surface area (Å²) < 4.78 is 10.3. The summed E-state index contributed by atoms with van der Waals surface area (Å²) in [7, 11) is 0. The van der Waals surface area contributed by atoms with Crippen molar-refractivity contribution in [3.63, 3.8) is 0 Å². The molecule has 0 N–H and O–H groups in total. The summed E-state index contributed by atoms with van der Waals surface area (Å²) in [5.74, 6) is 0.856. The molecular formula is C12H11NO2S2. The van der Waals surface area contributed by atoms with E-state index in [1.165, 1.54) is 29.6 Å². The van der Waals surface area contributed by atoms with Crippen LogP contribution < -0.4 is 0 Å². The van der Waals surface area contributed by atoms with Gasteiger partial charge in [-0.3, -0.25) is 0 Å². The maximum atomic E-state index is 5.29. The molecule has 0 bridgehead atoms. The lowest BCUT2D eigenvalue weighted by atomic mass is 10.0. The Hall–Kier alpha value is -0.910. The van der Waals surface area contributed by atoms with Crippen LogP contribution in [0.25, 0.3) is 0 Å². The highest BCUT2D eigenvalue weighted by Gasteiger charge is 2.49. The molecule has 88 valence electrons. The summed E-state index contributed by atoms with van der Waals surface area (Å²) >= 11 is 2.91. The van der Waals surface area contributed by atoms with E-state index in [9.17, 15) is 0 Å². The summed E-state index contributed by atoms with van der Waals surface area (Å²) in [5, 5.41) is 4.03. The predicted molar refractivity (Wildman–Crippen MR) is 69.5 cm³/mol. The van der Waals surface area contributed by atoms with Crippen LogP contribution in [0.2, 0.25) is 0 Å². The topological polar surface area (TPSA) is 35.3 Å². The predicted octanol–water partition coefficient (Wildman–Crippen LogP) is 3.82. The lowest BCUT2D eigenvalue weighted by Gasteiger charge is -2.37. The monoisotopic (exact) mass is 265 g/mol. The zero-order valence-electron chi connectivity index (χ0n) is 9.47. The number of aromatic nitrogens is 1. The quantitative estimate of drug-likeness (QED) is 0.771. The van der Waals surface area contributed by atoms with Crippen LogP contribution >= 0.6 is 24.1 Å². The van der Waals surface area contributed by atoms with Crippen molar-refractivity contribution in [3.05, 3.63) is 52.9 Å². The first-order chi connectivity index (χ1) is 8.24. The van der Waals surface area contributed by atoms with Crippen molar-refractivity contribution in [1.29, 1.82) is 0 Å². The average molecular weight is 265 g/mol. The molecule has 17 heavy (non-hydrogen) atoms. The van der Waals surface area contributed by atoms with Gasteiger partial charge < -0.3 is 4.52 Å². The van der Waals surface area contributed by atoms with Crippen LogP contribution in [0.15, 0.2) is 34.9 Å². The minimum Gasteiger partial charge on any atom is -0.361 e. The fourth-order valence-corrected chi connectivity index (χ4v) is 4.07. The number of nitrogens with zero attached hydrogens (tertiary/aromatic N) is 1. The Morgan fingerprint density at radius 2 is 1.82 bits per heavy atom. The first-order valence-corrected chi connectivity index (χ1v) is 6.75. The van der Waals surface area contributed by atoms with Crippen molar-refractivity contribution in [2.75, 3.05) is 0 Å². The molecule has 0 amide bonds. The number of hydrogen-bond acceptors (Lipinski definition) is 5. The molecule has 1 aliphatic rings. The van der Waals surface area contributed by atoms with E-state index in [2.05, 4.69) is 17.3 Å². The summed E-state index contributed by atoms with van der Waals surface area (Å²) in [5.41, 5.74) is 3.25. The van der Waals surface area contributed by atoms with E-state index in [1.54, 1.807) is 0 Å². The second kappa shape index (κ2) is 4.08. The van der Waals surface area contributed by atoms with E-state index in [4.69, 9.17) is 8.15 Å². The molecule has 2 aromatic rings. The third kappa shape index (κ3) is 1.61. The van der Waals surface area contributed by atoms with Crippen LogP contribution in [-0.4, -0.2) is 5.16 Å². The van der Waals surface area contributed by atoms with Crippen LogP contribution in [0.1, 0.15) is 22.6 Å². The van der Waals surface area contributed by atoms with Crippen LogP contribution in [0, 0.1) is 13.8 Å². The van der Waals surface area contributed by atoms with Crippen LogP contribution in [0.3, 0.4) is 0 Å². The molecule has 0 radical (unpaired) electrons. The maximum absolute atomic E-state index is 5.29. The van der Waals surface area contributed by atoms with Gasteiger partial charge in [-0.05, 0) is 19.4 Å². The standard InChI is InChI=1S/C12H11NO2S2/c1-8-11(9(2)14-13-8)12(16-15-17-12)10-6-4-3-5-7-10/h3-7H,1-2H3. The highest BCUT2D eigenvalue weighted by molar-refractivity contribution is 8.25.